The molecule has 0 N–H and O–H groups in total. The zero-order valence-electron chi connectivity index (χ0n) is 6.90. The van der Waals surface area contributed by atoms with Gasteiger partial charge in [-0.15, -0.1) is 11.8 Å². The van der Waals surface area contributed by atoms with E-state index in [-0.39, 0.29) is 11.7 Å². The number of rotatable bonds is 3. The van der Waals surface area contributed by atoms with Gasteiger partial charge < -0.3 is 0 Å². The lowest BCUT2D eigenvalue weighted by Crippen LogP contribution is -2.04. The molecule has 0 amide bonds. The fourth-order valence-corrected chi connectivity index (χ4v) is 0.617. The number of Topliss-reactive ketones (excluding diaryl/α,β-unsaturated/α-hetero) is 1. The Bertz CT molecular complexity index is 159. The first-order valence-corrected chi connectivity index (χ1v) is 3.58. The van der Waals surface area contributed by atoms with Crippen molar-refractivity contribution >= 4 is 5.78 Å². The van der Waals surface area contributed by atoms with E-state index in [4.69, 9.17) is 0 Å². The molecular formula is C9H14O. The highest BCUT2D eigenvalue weighted by Crippen LogP contribution is 2.04. The quantitative estimate of drug-likeness (QED) is 0.545. The van der Waals surface area contributed by atoms with Crippen LogP contribution in [0.2, 0.25) is 0 Å². The molecule has 1 atom stereocenters. The van der Waals surface area contributed by atoms with Crippen molar-refractivity contribution in [2.45, 2.75) is 33.6 Å². The maximum absolute atomic E-state index is 10.7. The largest absolute Gasteiger partial charge is 0.300 e. The molecule has 0 bridgehead atoms. The topological polar surface area (TPSA) is 17.1 Å². The van der Waals surface area contributed by atoms with Gasteiger partial charge in [0.15, 0.2) is 0 Å². The van der Waals surface area contributed by atoms with Crippen LogP contribution in [-0.2, 0) is 4.79 Å². The van der Waals surface area contributed by atoms with Gasteiger partial charge >= 0.3 is 0 Å². The summed E-state index contributed by atoms with van der Waals surface area (Å²) in [6, 6.07) is 0. The van der Waals surface area contributed by atoms with Crippen molar-refractivity contribution in [3.63, 3.8) is 0 Å². The Kier molecular flexibility index (Phi) is 4.66. The van der Waals surface area contributed by atoms with Gasteiger partial charge in [-0.25, -0.2) is 0 Å². The first-order valence-electron chi connectivity index (χ1n) is 3.58. The standard InChI is InChI=1S/C9H14O/c1-4-5-6-7-8(2)9(3)10/h8H,6-7H2,1-3H3. The van der Waals surface area contributed by atoms with E-state index in [0.717, 1.165) is 12.8 Å². The summed E-state index contributed by atoms with van der Waals surface area (Å²) in [6.45, 7) is 5.39. The fourth-order valence-electron chi connectivity index (χ4n) is 0.617. The summed E-state index contributed by atoms with van der Waals surface area (Å²) in [5, 5.41) is 0. The van der Waals surface area contributed by atoms with Crippen molar-refractivity contribution in [3.05, 3.63) is 0 Å². The lowest BCUT2D eigenvalue weighted by Gasteiger charge is -2.01. The Balaban J connectivity index is 3.46. The fraction of sp³-hybridized carbons (Fsp3) is 0.667. The molecule has 0 aromatic heterocycles. The van der Waals surface area contributed by atoms with E-state index in [1.165, 1.54) is 0 Å². The summed E-state index contributed by atoms with van der Waals surface area (Å²) in [4.78, 5) is 10.7. The molecule has 0 saturated heterocycles. The van der Waals surface area contributed by atoms with Crippen LogP contribution < -0.4 is 0 Å². The molecule has 0 aliphatic carbocycles. The smallest absolute Gasteiger partial charge is 0.132 e. The molecule has 0 aliphatic heterocycles. The monoisotopic (exact) mass is 138 g/mol. The van der Waals surface area contributed by atoms with Crippen LogP contribution in [0.3, 0.4) is 0 Å². The summed E-state index contributed by atoms with van der Waals surface area (Å²) in [7, 11) is 0. The predicted octanol–water partition coefficient (Wildman–Crippen LogP) is 2.02. The van der Waals surface area contributed by atoms with E-state index < -0.39 is 0 Å². The molecule has 1 heteroatoms. The van der Waals surface area contributed by atoms with Crippen molar-refractivity contribution in [2.75, 3.05) is 0 Å². The van der Waals surface area contributed by atoms with Gasteiger partial charge in [-0.3, -0.25) is 4.79 Å². The Hall–Kier alpha value is -0.770. The third-order valence-corrected chi connectivity index (χ3v) is 1.57. The van der Waals surface area contributed by atoms with Gasteiger partial charge in [0.05, 0.1) is 0 Å². The van der Waals surface area contributed by atoms with Crippen LogP contribution in [0, 0.1) is 17.8 Å². The Morgan fingerprint density at radius 1 is 1.60 bits per heavy atom. The third kappa shape index (κ3) is 4.14. The van der Waals surface area contributed by atoms with E-state index in [1.54, 1.807) is 6.92 Å². The second kappa shape index (κ2) is 5.05. The zero-order valence-corrected chi connectivity index (χ0v) is 6.90. The normalized spacial score (nSPS) is 11.5. The van der Waals surface area contributed by atoms with E-state index in [2.05, 4.69) is 11.8 Å². The lowest BCUT2D eigenvalue weighted by atomic mass is 10.0. The van der Waals surface area contributed by atoms with Gasteiger partial charge in [-0.1, -0.05) is 6.92 Å². The maximum Gasteiger partial charge on any atom is 0.132 e. The summed E-state index contributed by atoms with van der Waals surface area (Å²) in [5.74, 6) is 6.18. The summed E-state index contributed by atoms with van der Waals surface area (Å²) >= 11 is 0. The van der Waals surface area contributed by atoms with E-state index in [0.29, 0.717) is 0 Å². The van der Waals surface area contributed by atoms with Crippen molar-refractivity contribution in [3.8, 4) is 11.8 Å². The maximum atomic E-state index is 10.7. The average Bonchev–Trinajstić information content (AvgIpc) is 1.88. The minimum atomic E-state index is 0.181. The van der Waals surface area contributed by atoms with E-state index in [9.17, 15) is 4.79 Å². The van der Waals surface area contributed by atoms with Crippen LogP contribution >= 0.6 is 0 Å². The molecule has 1 nitrogen and oxygen atoms in total. The highest BCUT2D eigenvalue weighted by molar-refractivity contribution is 5.77. The molecule has 0 fully saturated rings. The van der Waals surface area contributed by atoms with E-state index in [1.807, 2.05) is 13.8 Å². The molecular weight excluding hydrogens is 124 g/mol. The predicted molar refractivity (Wildman–Crippen MR) is 42.5 cm³/mol. The molecule has 10 heavy (non-hydrogen) atoms. The Labute approximate surface area is 62.8 Å². The molecule has 0 aliphatic rings. The minimum absolute atomic E-state index is 0.181. The molecule has 0 rings (SSSR count). The van der Waals surface area contributed by atoms with Gasteiger partial charge in [0.25, 0.3) is 0 Å². The lowest BCUT2D eigenvalue weighted by molar-refractivity contribution is -0.120. The molecule has 56 valence electrons. The number of carbonyl (C=O) groups is 1. The van der Waals surface area contributed by atoms with Crippen LogP contribution in [0.1, 0.15) is 33.6 Å². The Morgan fingerprint density at radius 2 is 2.20 bits per heavy atom. The van der Waals surface area contributed by atoms with Crippen molar-refractivity contribution in [1.82, 2.24) is 0 Å². The number of carbonyl (C=O) groups excluding carboxylic acids is 1. The minimum Gasteiger partial charge on any atom is -0.300 e. The van der Waals surface area contributed by atoms with Gasteiger partial charge in [0, 0.05) is 12.3 Å². The van der Waals surface area contributed by atoms with Crippen LogP contribution in [0.25, 0.3) is 0 Å². The zero-order chi connectivity index (χ0) is 7.98. The van der Waals surface area contributed by atoms with Crippen molar-refractivity contribution in [2.24, 2.45) is 5.92 Å². The van der Waals surface area contributed by atoms with Gasteiger partial charge in [0.1, 0.15) is 5.78 Å². The highest BCUT2D eigenvalue weighted by atomic mass is 16.1. The Morgan fingerprint density at radius 3 is 2.60 bits per heavy atom. The molecule has 0 radical (unpaired) electrons. The van der Waals surface area contributed by atoms with Crippen LogP contribution in [0.4, 0.5) is 0 Å². The van der Waals surface area contributed by atoms with Crippen molar-refractivity contribution < 1.29 is 4.79 Å². The second-order valence-electron chi connectivity index (χ2n) is 2.48. The summed E-state index contributed by atoms with van der Waals surface area (Å²) < 4.78 is 0. The molecule has 0 aromatic carbocycles. The number of hydrogen-bond donors (Lipinski definition) is 0. The molecule has 1 unspecified atom stereocenters. The van der Waals surface area contributed by atoms with E-state index >= 15 is 0 Å². The highest BCUT2D eigenvalue weighted by Gasteiger charge is 2.04. The van der Waals surface area contributed by atoms with Gasteiger partial charge in [-0.05, 0) is 20.3 Å². The summed E-state index contributed by atoms with van der Waals surface area (Å²) in [6.07, 6.45) is 1.74. The summed E-state index contributed by atoms with van der Waals surface area (Å²) in [5.41, 5.74) is 0. The SMILES string of the molecule is CC#CCCC(C)C(C)=O. The molecule has 0 saturated carbocycles. The average molecular weight is 138 g/mol. The number of ketones is 1. The second-order valence-corrected chi connectivity index (χ2v) is 2.48. The number of hydrogen-bond acceptors (Lipinski definition) is 1. The first kappa shape index (κ1) is 9.23. The van der Waals surface area contributed by atoms with Gasteiger partial charge in [-0.2, -0.15) is 0 Å². The van der Waals surface area contributed by atoms with Gasteiger partial charge in [0.2, 0.25) is 0 Å². The third-order valence-electron chi connectivity index (χ3n) is 1.57. The van der Waals surface area contributed by atoms with Crippen molar-refractivity contribution in [1.29, 1.82) is 0 Å². The van der Waals surface area contributed by atoms with Crippen LogP contribution in [-0.4, -0.2) is 5.78 Å². The van der Waals surface area contributed by atoms with Crippen LogP contribution in [0.15, 0.2) is 0 Å². The van der Waals surface area contributed by atoms with Crippen LogP contribution in [0.5, 0.6) is 0 Å². The molecule has 0 spiro atoms. The first-order chi connectivity index (χ1) is 4.68. The molecule has 0 aromatic rings. The molecule has 0 heterocycles.